The lowest BCUT2D eigenvalue weighted by molar-refractivity contribution is -0.135. The number of urea groups is 1. The van der Waals surface area contributed by atoms with Gasteiger partial charge in [-0.05, 0) is 50.8 Å². The number of carbonyl (C=O) groups is 2. The molecule has 2 saturated heterocycles. The van der Waals surface area contributed by atoms with Crippen molar-refractivity contribution < 1.29 is 9.59 Å². The third-order valence-corrected chi connectivity index (χ3v) is 7.34. The summed E-state index contributed by atoms with van der Waals surface area (Å²) in [6.07, 6.45) is 5.18. The third-order valence-electron chi connectivity index (χ3n) is 7.34. The van der Waals surface area contributed by atoms with E-state index < -0.39 is 12.2 Å². The highest BCUT2D eigenvalue weighted by atomic mass is 16.2. The number of likely N-dealkylation sites (tertiary alicyclic amines) is 1. The Morgan fingerprint density at radius 1 is 1.03 bits per heavy atom. The van der Waals surface area contributed by atoms with E-state index in [0.717, 1.165) is 43.8 Å². The molecule has 4 aliphatic rings. The quantitative estimate of drug-likeness (QED) is 0.707. The van der Waals surface area contributed by atoms with Crippen LogP contribution >= 0.6 is 0 Å². The Morgan fingerprint density at radius 3 is 2.47 bits per heavy atom. The highest BCUT2D eigenvalue weighted by Gasteiger charge is 2.53. The Hall–Kier alpha value is -2.87. The minimum absolute atomic E-state index is 0.191. The first-order chi connectivity index (χ1) is 15.4. The maximum Gasteiger partial charge on any atom is 0.328 e. The number of benzene rings is 1. The zero-order chi connectivity index (χ0) is 22.4. The van der Waals surface area contributed by atoms with E-state index in [0.29, 0.717) is 0 Å². The molecule has 2 fully saturated rings. The molecule has 1 aromatic rings. The summed E-state index contributed by atoms with van der Waals surface area (Å²) in [4.78, 5) is 39.4. The Kier molecular flexibility index (Phi) is 5.41. The molecule has 1 aromatic carbocycles. The number of imide groups is 1. The van der Waals surface area contributed by atoms with E-state index in [1.54, 1.807) is 19.0 Å². The predicted octanol–water partition coefficient (Wildman–Crippen LogP) is 2.01. The highest BCUT2D eigenvalue weighted by molar-refractivity contribution is 6.04. The molecule has 4 heterocycles. The monoisotopic (exact) mass is 436 g/mol. The zero-order valence-corrected chi connectivity index (χ0v) is 19.1. The van der Waals surface area contributed by atoms with Gasteiger partial charge in [-0.2, -0.15) is 0 Å². The van der Waals surface area contributed by atoms with Crippen molar-refractivity contribution in [3.63, 3.8) is 0 Å². The summed E-state index contributed by atoms with van der Waals surface area (Å²) >= 11 is 0. The van der Waals surface area contributed by atoms with Crippen molar-refractivity contribution in [3.05, 3.63) is 47.8 Å². The number of hydrogen-bond acceptors (Lipinski definition) is 6. The molecule has 0 aliphatic carbocycles. The van der Waals surface area contributed by atoms with Gasteiger partial charge in [-0.3, -0.25) is 9.69 Å². The normalized spacial score (nSPS) is 26.5. The molecule has 170 valence electrons. The van der Waals surface area contributed by atoms with Crippen molar-refractivity contribution >= 4 is 17.9 Å². The van der Waals surface area contributed by atoms with Crippen LogP contribution in [0.5, 0.6) is 0 Å². The first-order valence-corrected chi connectivity index (χ1v) is 11.6. The lowest BCUT2D eigenvalue weighted by Gasteiger charge is -2.38. The number of likely N-dealkylation sites (N-methyl/N-ethyl adjacent to an activating group) is 2. The molecule has 0 aromatic heterocycles. The van der Waals surface area contributed by atoms with Crippen LogP contribution in [0, 0.1) is 5.92 Å². The summed E-state index contributed by atoms with van der Waals surface area (Å²) in [5, 5.41) is 0. The highest BCUT2D eigenvalue weighted by Crippen LogP contribution is 2.33. The summed E-state index contributed by atoms with van der Waals surface area (Å²) < 4.78 is 0. The fourth-order valence-corrected chi connectivity index (χ4v) is 5.37. The summed E-state index contributed by atoms with van der Waals surface area (Å²) in [5.74, 6) is 1.36. The van der Waals surface area contributed by atoms with E-state index in [4.69, 9.17) is 4.99 Å². The minimum atomic E-state index is -0.466. The molecular formula is C24H32N6O2. The fourth-order valence-electron chi connectivity index (χ4n) is 5.37. The number of carbonyl (C=O) groups excluding carboxylic acids is 2. The molecule has 0 bridgehead atoms. The zero-order valence-electron chi connectivity index (χ0n) is 19.1. The Bertz CT molecular complexity index is 952. The van der Waals surface area contributed by atoms with Crippen LogP contribution in [-0.2, 0) is 11.2 Å². The molecule has 8 heteroatoms. The van der Waals surface area contributed by atoms with E-state index in [1.807, 2.05) is 11.1 Å². The number of amides is 3. The second kappa shape index (κ2) is 8.24. The summed E-state index contributed by atoms with van der Waals surface area (Å²) in [6, 6.07) is 10.0. The van der Waals surface area contributed by atoms with Gasteiger partial charge in [0.2, 0.25) is 5.96 Å². The van der Waals surface area contributed by atoms with Crippen molar-refractivity contribution in [1.29, 1.82) is 0 Å². The van der Waals surface area contributed by atoms with Crippen LogP contribution in [0.15, 0.2) is 47.2 Å². The van der Waals surface area contributed by atoms with Crippen LogP contribution in [0.4, 0.5) is 4.79 Å². The smallest absolute Gasteiger partial charge is 0.313 e. The van der Waals surface area contributed by atoms with Crippen LogP contribution in [0.3, 0.4) is 0 Å². The van der Waals surface area contributed by atoms with Crippen LogP contribution in [0.25, 0.3) is 0 Å². The van der Waals surface area contributed by atoms with Gasteiger partial charge in [-0.25, -0.2) is 9.79 Å². The first kappa shape index (κ1) is 21.0. The molecule has 4 aliphatic heterocycles. The van der Waals surface area contributed by atoms with E-state index in [9.17, 15) is 9.59 Å². The Balaban J connectivity index is 1.18. The number of nitrogens with zero attached hydrogens (tertiary/aromatic N) is 6. The van der Waals surface area contributed by atoms with Gasteiger partial charge in [0.1, 0.15) is 0 Å². The van der Waals surface area contributed by atoms with Gasteiger partial charge >= 0.3 is 6.03 Å². The molecule has 0 N–H and O–H groups in total. The third kappa shape index (κ3) is 3.56. The van der Waals surface area contributed by atoms with E-state index in [1.165, 1.54) is 29.7 Å². The van der Waals surface area contributed by atoms with Crippen molar-refractivity contribution in [2.45, 2.75) is 38.4 Å². The lowest BCUT2D eigenvalue weighted by Crippen LogP contribution is -2.63. The second-order valence-electron chi connectivity index (χ2n) is 9.38. The number of fused-ring (bicyclic) bond motifs is 3. The minimum Gasteiger partial charge on any atom is -0.313 e. The van der Waals surface area contributed by atoms with Crippen molar-refractivity contribution in [2.24, 2.45) is 10.9 Å². The van der Waals surface area contributed by atoms with Crippen molar-refractivity contribution in [2.75, 3.05) is 40.3 Å². The van der Waals surface area contributed by atoms with Crippen molar-refractivity contribution in [1.82, 2.24) is 24.5 Å². The first-order valence-electron chi connectivity index (χ1n) is 11.6. The van der Waals surface area contributed by atoms with Gasteiger partial charge < -0.3 is 19.6 Å². The SMILES string of the molecule is CC1=CN2C(=NC3C2C(=O)N(C)C(=O)N3C)N1CCN1CCC(Cc2ccccc2)CC1. The van der Waals surface area contributed by atoms with Gasteiger partial charge in [-0.1, -0.05) is 30.3 Å². The van der Waals surface area contributed by atoms with Crippen LogP contribution in [-0.4, -0.2) is 94.9 Å². The number of piperidine rings is 1. The summed E-state index contributed by atoms with van der Waals surface area (Å²) in [5.41, 5.74) is 2.53. The number of allylic oxidation sites excluding steroid dienone is 1. The summed E-state index contributed by atoms with van der Waals surface area (Å²) in [7, 11) is 3.26. The Labute approximate surface area is 189 Å². The molecule has 5 rings (SSSR count). The number of rotatable bonds is 5. The van der Waals surface area contributed by atoms with E-state index in [-0.39, 0.29) is 11.9 Å². The number of guanidine groups is 1. The number of aliphatic imine (C=N–C) groups is 1. The van der Waals surface area contributed by atoms with E-state index in [2.05, 4.69) is 47.1 Å². The van der Waals surface area contributed by atoms with Gasteiger partial charge in [0.05, 0.1) is 0 Å². The second-order valence-corrected chi connectivity index (χ2v) is 9.38. The molecule has 2 atom stereocenters. The molecule has 0 spiro atoms. The topological polar surface area (TPSA) is 62.7 Å². The van der Waals surface area contributed by atoms with Crippen LogP contribution in [0.1, 0.15) is 25.3 Å². The molecule has 0 radical (unpaired) electrons. The molecule has 2 unspecified atom stereocenters. The van der Waals surface area contributed by atoms with Crippen LogP contribution in [0.2, 0.25) is 0 Å². The van der Waals surface area contributed by atoms with Crippen LogP contribution < -0.4 is 0 Å². The predicted molar refractivity (Wildman–Crippen MR) is 123 cm³/mol. The van der Waals surface area contributed by atoms with Gasteiger partial charge in [-0.15, -0.1) is 0 Å². The lowest BCUT2D eigenvalue weighted by atomic mass is 9.90. The molecule has 8 nitrogen and oxygen atoms in total. The van der Waals surface area contributed by atoms with Gasteiger partial charge in [0, 0.05) is 39.1 Å². The number of hydrogen-bond donors (Lipinski definition) is 0. The average Bonchev–Trinajstić information content (AvgIpc) is 3.31. The van der Waals surface area contributed by atoms with Gasteiger partial charge in [0.25, 0.3) is 5.91 Å². The summed E-state index contributed by atoms with van der Waals surface area (Å²) in [6.45, 7) is 6.11. The van der Waals surface area contributed by atoms with Gasteiger partial charge in [0.15, 0.2) is 12.2 Å². The maximum atomic E-state index is 12.8. The molecular weight excluding hydrogens is 404 g/mol. The Morgan fingerprint density at radius 2 is 1.75 bits per heavy atom. The van der Waals surface area contributed by atoms with E-state index >= 15 is 0 Å². The largest absolute Gasteiger partial charge is 0.328 e. The van der Waals surface area contributed by atoms with Crippen molar-refractivity contribution in [3.8, 4) is 0 Å². The fraction of sp³-hybridized carbons (Fsp3) is 0.542. The standard InChI is InChI=1S/C24H32N6O2/c1-17-16-30-20-21(26(2)24(32)27(3)22(20)31)25-23(30)29(17)14-13-28-11-9-19(10-12-28)15-18-7-5-4-6-8-18/h4-8,16,19-21H,9-15H2,1-3H3. The maximum absolute atomic E-state index is 12.8. The molecule has 3 amide bonds. The molecule has 0 saturated carbocycles. The average molecular weight is 437 g/mol. The molecule has 32 heavy (non-hydrogen) atoms.